The summed E-state index contributed by atoms with van der Waals surface area (Å²) in [5.74, 6) is 0. The zero-order chi connectivity index (χ0) is 19.5. The molecule has 2 heterocycles. The maximum Gasteiger partial charge on any atom is 0.145 e. The zero-order valence-electron chi connectivity index (χ0n) is 16.1. The van der Waals surface area contributed by atoms with Gasteiger partial charge in [-0.25, -0.2) is 0 Å². The molecule has 2 aliphatic heterocycles. The molecule has 0 amide bonds. The lowest BCUT2D eigenvalue weighted by atomic mass is 9.92. The average molecular weight is 383 g/mol. The molecule has 2 aromatic rings. The molecule has 4 rings (SSSR count). The first-order chi connectivity index (χ1) is 13.7. The van der Waals surface area contributed by atoms with Crippen molar-refractivity contribution in [2.45, 2.75) is 23.3 Å². The lowest BCUT2D eigenvalue weighted by Crippen LogP contribution is -2.42. The minimum atomic E-state index is -0.502. The van der Waals surface area contributed by atoms with E-state index in [-0.39, 0.29) is 17.7 Å². The van der Waals surface area contributed by atoms with Crippen molar-refractivity contribution < 1.29 is 14.2 Å². The third-order valence-electron chi connectivity index (χ3n) is 5.54. The van der Waals surface area contributed by atoms with Crippen LogP contribution in [0.15, 0.2) is 60.7 Å². The third kappa shape index (κ3) is 3.98. The van der Waals surface area contributed by atoms with E-state index in [4.69, 9.17) is 25.7 Å². The minimum Gasteiger partial charge on any atom is -0.375 e. The van der Waals surface area contributed by atoms with Gasteiger partial charge in [-0.05, 0) is 11.1 Å². The number of benzene rings is 2. The second kappa shape index (κ2) is 8.29. The van der Waals surface area contributed by atoms with E-state index in [2.05, 4.69) is 29.6 Å². The summed E-state index contributed by atoms with van der Waals surface area (Å²) in [5.41, 5.74) is 13.4. The Hall–Kier alpha value is -1.80. The topological polar surface area (TPSA) is 98.4 Å². The molecule has 2 aliphatic rings. The van der Waals surface area contributed by atoms with Crippen LogP contribution in [0.2, 0.25) is 0 Å². The first kappa shape index (κ1) is 19.5. The Morgan fingerprint density at radius 3 is 2.29 bits per heavy atom. The molecular formula is C22H29N3O3. The van der Waals surface area contributed by atoms with E-state index in [9.17, 15) is 0 Å². The Bertz CT molecular complexity index is 754. The molecule has 150 valence electrons. The summed E-state index contributed by atoms with van der Waals surface area (Å²) >= 11 is 0. The summed E-state index contributed by atoms with van der Waals surface area (Å²) in [6.45, 7) is 3.63. The molecule has 2 fully saturated rings. The first-order valence-electron chi connectivity index (χ1n) is 9.87. The number of nitrogens with two attached hydrogens (primary N) is 2. The van der Waals surface area contributed by atoms with Gasteiger partial charge in [-0.1, -0.05) is 60.7 Å². The van der Waals surface area contributed by atoms with Gasteiger partial charge in [0.05, 0.1) is 19.8 Å². The van der Waals surface area contributed by atoms with Crippen molar-refractivity contribution in [3.63, 3.8) is 0 Å². The molecule has 4 atom stereocenters. The van der Waals surface area contributed by atoms with Gasteiger partial charge in [0.25, 0.3) is 0 Å². The highest BCUT2D eigenvalue weighted by Crippen LogP contribution is 2.48. The van der Waals surface area contributed by atoms with E-state index < -0.39 is 5.60 Å². The fourth-order valence-corrected chi connectivity index (χ4v) is 3.79. The Balaban J connectivity index is 1.40. The van der Waals surface area contributed by atoms with Gasteiger partial charge in [0.15, 0.2) is 0 Å². The van der Waals surface area contributed by atoms with E-state index in [0.29, 0.717) is 32.9 Å². The maximum absolute atomic E-state index is 6.39. The molecule has 28 heavy (non-hydrogen) atoms. The van der Waals surface area contributed by atoms with Crippen molar-refractivity contribution in [2.24, 2.45) is 11.5 Å². The van der Waals surface area contributed by atoms with Crippen LogP contribution in [0.3, 0.4) is 0 Å². The molecule has 0 aromatic heterocycles. The molecule has 0 bridgehead atoms. The van der Waals surface area contributed by atoms with Crippen LogP contribution < -0.4 is 16.8 Å². The van der Waals surface area contributed by atoms with Crippen LogP contribution >= 0.6 is 0 Å². The smallest absolute Gasteiger partial charge is 0.145 e. The Labute approximate surface area is 166 Å². The SMILES string of the molecule is NCCNCC(N)C1OC1(COCC1(c2ccccc2)CO1)c1ccccc1. The number of hydrogen-bond donors (Lipinski definition) is 3. The molecule has 6 heteroatoms. The molecule has 0 spiro atoms. The summed E-state index contributed by atoms with van der Waals surface area (Å²) in [6.07, 6.45) is -0.0898. The van der Waals surface area contributed by atoms with Crippen LogP contribution in [-0.4, -0.2) is 51.6 Å². The van der Waals surface area contributed by atoms with Gasteiger partial charge in [-0.2, -0.15) is 0 Å². The summed E-state index contributed by atoms with van der Waals surface area (Å²) in [7, 11) is 0. The summed E-state index contributed by atoms with van der Waals surface area (Å²) in [6, 6.07) is 20.3. The van der Waals surface area contributed by atoms with E-state index in [1.54, 1.807) is 0 Å². The highest BCUT2D eigenvalue weighted by molar-refractivity contribution is 5.31. The van der Waals surface area contributed by atoms with Crippen molar-refractivity contribution in [1.29, 1.82) is 0 Å². The van der Waals surface area contributed by atoms with Crippen molar-refractivity contribution in [3.8, 4) is 0 Å². The van der Waals surface area contributed by atoms with Crippen LogP contribution in [0.4, 0.5) is 0 Å². The third-order valence-corrected chi connectivity index (χ3v) is 5.54. The summed E-state index contributed by atoms with van der Waals surface area (Å²) in [5, 5.41) is 3.27. The van der Waals surface area contributed by atoms with Gasteiger partial charge in [0.1, 0.15) is 17.3 Å². The first-order valence-corrected chi connectivity index (χ1v) is 9.87. The van der Waals surface area contributed by atoms with Crippen molar-refractivity contribution in [1.82, 2.24) is 5.32 Å². The lowest BCUT2D eigenvalue weighted by Gasteiger charge is -2.19. The van der Waals surface area contributed by atoms with Crippen LogP contribution in [-0.2, 0) is 25.4 Å². The molecule has 0 aliphatic carbocycles. The maximum atomic E-state index is 6.39. The molecule has 0 saturated carbocycles. The molecule has 5 N–H and O–H groups in total. The van der Waals surface area contributed by atoms with E-state index in [1.807, 2.05) is 36.4 Å². The number of nitrogens with one attached hydrogen (secondary N) is 1. The predicted octanol–water partition coefficient (Wildman–Crippen LogP) is 1.10. The van der Waals surface area contributed by atoms with Gasteiger partial charge >= 0.3 is 0 Å². The Morgan fingerprint density at radius 2 is 1.68 bits per heavy atom. The number of epoxide rings is 2. The highest BCUT2D eigenvalue weighted by Gasteiger charge is 2.61. The number of ether oxygens (including phenoxy) is 3. The molecule has 6 nitrogen and oxygen atoms in total. The van der Waals surface area contributed by atoms with Crippen LogP contribution in [0, 0.1) is 0 Å². The Morgan fingerprint density at radius 1 is 1.04 bits per heavy atom. The quantitative estimate of drug-likeness (QED) is 0.397. The van der Waals surface area contributed by atoms with Crippen molar-refractivity contribution in [3.05, 3.63) is 71.8 Å². The van der Waals surface area contributed by atoms with Crippen molar-refractivity contribution >= 4 is 0 Å². The largest absolute Gasteiger partial charge is 0.375 e. The van der Waals surface area contributed by atoms with E-state index >= 15 is 0 Å². The second-order valence-corrected chi connectivity index (χ2v) is 7.59. The predicted molar refractivity (Wildman–Crippen MR) is 108 cm³/mol. The fourth-order valence-electron chi connectivity index (χ4n) is 3.79. The van der Waals surface area contributed by atoms with Crippen LogP contribution in [0.25, 0.3) is 0 Å². The normalized spacial score (nSPS) is 29.4. The summed E-state index contributed by atoms with van der Waals surface area (Å²) in [4.78, 5) is 0. The van der Waals surface area contributed by atoms with Gasteiger partial charge in [0.2, 0.25) is 0 Å². The summed E-state index contributed by atoms with van der Waals surface area (Å²) < 4.78 is 18.1. The van der Waals surface area contributed by atoms with Crippen molar-refractivity contribution in [2.75, 3.05) is 39.5 Å². The molecule has 0 radical (unpaired) electrons. The molecule has 2 aromatic carbocycles. The van der Waals surface area contributed by atoms with Gasteiger partial charge in [-0.3, -0.25) is 0 Å². The number of hydrogen-bond acceptors (Lipinski definition) is 6. The number of rotatable bonds is 11. The van der Waals surface area contributed by atoms with Gasteiger partial charge in [0, 0.05) is 25.7 Å². The Kier molecular flexibility index (Phi) is 5.78. The van der Waals surface area contributed by atoms with Crippen LogP contribution in [0.5, 0.6) is 0 Å². The zero-order valence-corrected chi connectivity index (χ0v) is 16.1. The standard InChI is InChI=1S/C22H29N3O3/c23-11-12-25-13-19(24)20-22(28-20,18-9-5-2-6-10-18)16-26-14-21(15-27-21)17-7-3-1-4-8-17/h1-10,19-20,25H,11-16,23-24H2. The average Bonchev–Trinajstić information content (AvgIpc) is 3.66. The second-order valence-electron chi connectivity index (χ2n) is 7.59. The molecular weight excluding hydrogens is 354 g/mol. The highest BCUT2D eigenvalue weighted by atomic mass is 16.7. The monoisotopic (exact) mass is 383 g/mol. The lowest BCUT2D eigenvalue weighted by molar-refractivity contribution is 0.0403. The van der Waals surface area contributed by atoms with Gasteiger partial charge < -0.3 is 31.0 Å². The fraction of sp³-hybridized carbons (Fsp3) is 0.455. The van der Waals surface area contributed by atoms with E-state index in [0.717, 1.165) is 17.7 Å². The minimum absolute atomic E-state index is 0.0898. The van der Waals surface area contributed by atoms with E-state index in [1.165, 1.54) is 0 Å². The van der Waals surface area contributed by atoms with Crippen LogP contribution in [0.1, 0.15) is 11.1 Å². The van der Waals surface area contributed by atoms with Gasteiger partial charge in [-0.15, -0.1) is 0 Å². The molecule has 2 saturated heterocycles. The molecule has 4 unspecified atom stereocenters.